The van der Waals surface area contributed by atoms with E-state index in [1.807, 2.05) is 6.07 Å². The van der Waals surface area contributed by atoms with Gasteiger partial charge in [-0.2, -0.15) is 0 Å². The average molecular weight is 343 g/mol. The molecule has 1 aromatic rings. The molecule has 1 aliphatic rings. The molecule has 0 spiro atoms. The fourth-order valence-corrected chi connectivity index (χ4v) is 3.30. The number of aliphatic carboxylic acids is 1. The summed E-state index contributed by atoms with van der Waals surface area (Å²) in [5.41, 5.74) is 0.457. The first-order chi connectivity index (χ1) is 9.64. The minimum absolute atomic E-state index is 0.276. The number of aromatic nitrogens is 1. The van der Waals surface area contributed by atoms with Crippen molar-refractivity contribution in [2.45, 2.75) is 31.3 Å². The van der Waals surface area contributed by atoms with Gasteiger partial charge in [-0.3, -0.25) is 4.98 Å². The Balaban J connectivity index is 2.30. The monoisotopic (exact) mass is 342 g/mol. The second kappa shape index (κ2) is 7.15. The third-order valence-electron chi connectivity index (χ3n) is 3.60. The Morgan fingerprint density at radius 1 is 1.45 bits per heavy atom. The maximum atomic E-state index is 10.9. The molecule has 1 fully saturated rings. The van der Waals surface area contributed by atoms with E-state index in [9.17, 15) is 4.79 Å². The van der Waals surface area contributed by atoms with Crippen LogP contribution in [0.1, 0.15) is 31.2 Å². The summed E-state index contributed by atoms with van der Waals surface area (Å²) in [5.74, 6) is -0.935. The molecule has 1 aromatic heterocycles. The Bertz CT molecular complexity index is 459. The molecule has 2 N–H and O–H groups in total. The summed E-state index contributed by atoms with van der Waals surface area (Å²) in [6.07, 6.45) is 6.97. The number of hydrogen-bond acceptors (Lipinski definition) is 4. The molecule has 5 nitrogen and oxygen atoms in total. The summed E-state index contributed by atoms with van der Waals surface area (Å²) in [5, 5.41) is 12.3. The Labute approximate surface area is 126 Å². The fraction of sp³-hybridized carbons (Fsp3) is 0.571. The number of pyridine rings is 1. The summed E-state index contributed by atoms with van der Waals surface area (Å²) < 4.78 is 6.72. The molecule has 0 saturated carbocycles. The van der Waals surface area contributed by atoms with Crippen LogP contribution in [0.25, 0.3) is 0 Å². The molecule has 0 aromatic carbocycles. The molecule has 1 aliphatic heterocycles. The van der Waals surface area contributed by atoms with Gasteiger partial charge in [-0.25, -0.2) is 4.79 Å². The van der Waals surface area contributed by atoms with Crippen molar-refractivity contribution < 1.29 is 14.6 Å². The van der Waals surface area contributed by atoms with Crippen LogP contribution in [0, 0.1) is 0 Å². The number of nitrogens with one attached hydrogen (secondary N) is 1. The van der Waals surface area contributed by atoms with Gasteiger partial charge in [0.2, 0.25) is 0 Å². The van der Waals surface area contributed by atoms with Crippen LogP contribution in [0.3, 0.4) is 0 Å². The predicted octanol–water partition coefficient (Wildman–Crippen LogP) is 2.30. The van der Waals surface area contributed by atoms with Crippen LogP contribution in [-0.2, 0) is 15.1 Å². The molecule has 0 aliphatic carbocycles. The summed E-state index contributed by atoms with van der Waals surface area (Å²) in [6, 6.07) is 1.92. The second-order valence-electron chi connectivity index (χ2n) is 4.99. The Kier molecular flexibility index (Phi) is 5.51. The van der Waals surface area contributed by atoms with E-state index >= 15 is 0 Å². The van der Waals surface area contributed by atoms with Gasteiger partial charge in [-0.1, -0.05) is 0 Å². The smallest absolute Gasteiger partial charge is 0.329 e. The van der Waals surface area contributed by atoms with E-state index in [-0.39, 0.29) is 6.61 Å². The van der Waals surface area contributed by atoms with Crippen LogP contribution in [-0.4, -0.2) is 35.8 Å². The van der Waals surface area contributed by atoms with Crippen LogP contribution in [0.15, 0.2) is 22.9 Å². The van der Waals surface area contributed by atoms with Gasteiger partial charge in [0.25, 0.3) is 0 Å². The van der Waals surface area contributed by atoms with Gasteiger partial charge in [0, 0.05) is 22.4 Å². The Morgan fingerprint density at radius 3 is 2.75 bits per heavy atom. The molecule has 2 heterocycles. The third kappa shape index (κ3) is 3.77. The number of halogens is 1. The van der Waals surface area contributed by atoms with E-state index in [1.54, 1.807) is 12.4 Å². The van der Waals surface area contributed by atoms with Gasteiger partial charge < -0.3 is 15.2 Å². The number of carboxylic acid groups (broad SMARTS) is 1. The van der Waals surface area contributed by atoms with E-state index in [0.717, 1.165) is 48.8 Å². The molecule has 2 rings (SSSR count). The zero-order valence-electron chi connectivity index (χ0n) is 11.3. The SMILES string of the molecule is O=C(O)COC1(c2ccncc2Br)CCCNCCC1. The highest BCUT2D eigenvalue weighted by Gasteiger charge is 2.35. The maximum Gasteiger partial charge on any atom is 0.329 e. The standard InChI is InChI=1S/C14H19BrN2O3/c15-12-9-17-8-3-11(12)14(20-10-13(18)19)4-1-6-16-7-2-5-14/h3,8-9,16H,1-2,4-7,10H2,(H,18,19). The normalized spacial score (nSPS) is 19.1. The molecule has 6 heteroatoms. The molecule has 0 atom stereocenters. The Hall–Kier alpha value is -0.980. The lowest BCUT2D eigenvalue weighted by atomic mass is 9.84. The zero-order chi connectivity index (χ0) is 14.4. The topological polar surface area (TPSA) is 71.5 Å². The molecule has 0 unspecified atom stereocenters. The molecule has 1 saturated heterocycles. The van der Waals surface area contributed by atoms with Gasteiger partial charge in [-0.05, 0) is 60.8 Å². The molecule has 0 bridgehead atoms. The molecule has 20 heavy (non-hydrogen) atoms. The highest BCUT2D eigenvalue weighted by Crippen LogP contribution is 2.39. The molecular weight excluding hydrogens is 324 g/mol. The lowest BCUT2D eigenvalue weighted by Crippen LogP contribution is -2.36. The minimum atomic E-state index is -0.935. The quantitative estimate of drug-likeness (QED) is 0.878. The predicted molar refractivity (Wildman–Crippen MR) is 78.5 cm³/mol. The number of hydrogen-bond donors (Lipinski definition) is 2. The molecular formula is C14H19BrN2O3. The largest absolute Gasteiger partial charge is 0.480 e. The molecule has 0 amide bonds. The van der Waals surface area contributed by atoms with E-state index in [2.05, 4.69) is 26.2 Å². The van der Waals surface area contributed by atoms with Gasteiger partial charge in [0.05, 0.1) is 5.60 Å². The van der Waals surface area contributed by atoms with E-state index < -0.39 is 11.6 Å². The van der Waals surface area contributed by atoms with Crippen molar-refractivity contribution in [1.82, 2.24) is 10.3 Å². The van der Waals surface area contributed by atoms with Crippen LogP contribution < -0.4 is 5.32 Å². The van der Waals surface area contributed by atoms with Crippen molar-refractivity contribution >= 4 is 21.9 Å². The van der Waals surface area contributed by atoms with Crippen molar-refractivity contribution in [3.05, 3.63) is 28.5 Å². The van der Waals surface area contributed by atoms with E-state index in [4.69, 9.17) is 9.84 Å². The van der Waals surface area contributed by atoms with Gasteiger partial charge in [0.1, 0.15) is 6.61 Å². The Morgan fingerprint density at radius 2 is 2.15 bits per heavy atom. The third-order valence-corrected chi connectivity index (χ3v) is 4.24. The van der Waals surface area contributed by atoms with E-state index in [0.29, 0.717) is 0 Å². The van der Waals surface area contributed by atoms with Crippen molar-refractivity contribution in [3.8, 4) is 0 Å². The van der Waals surface area contributed by atoms with Crippen LogP contribution in [0.4, 0.5) is 0 Å². The summed E-state index contributed by atoms with van der Waals surface area (Å²) >= 11 is 3.51. The van der Waals surface area contributed by atoms with Crippen LogP contribution in [0.2, 0.25) is 0 Å². The molecule has 0 radical (unpaired) electrons. The first-order valence-corrected chi connectivity index (χ1v) is 7.60. The highest BCUT2D eigenvalue weighted by atomic mass is 79.9. The lowest BCUT2D eigenvalue weighted by molar-refractivity contribution is -0.152. The fourth-order valence-electron chi connectivity index (χ4n) is 2.68. The van der Waals surface area contributed by atoms with Crippen molar-refractivity contribution in [2.75, 3.05) is 19.7 Å². The first kappa shape index (κ1) is 15.4. The summed E-state index contributed by atoms with van der Waals surface area (Å²) in [6.45, 7) is 1.59. The zero-order valence-corrected chi connectivity index (χ0v) is 12.9. The van der Waals surface area contributed by atoms with Crippen LogP contribution in [0.5, 0.6) is 0 Å². The van der Waals surface area contributed by atoms with Gasteiger partial charge in [0.15, 0.2) is 0 Å². The summed E-state index contributed by atoms with van der Waals surface area (Å²) in [7, 11) is 0. The molecule has 110 valence electrons. The highest BCUT2D eigenvalue weighted by molar-refractivity contribution is 9.10. The lowest BCUT2D eigenvalue weighted by Gasteiger charge is -2.36. The van der Waals surface area contributed by atoms with E-state index in [1.165, 1.54) is 0 Å². The number of ether oxygens (including phenoxy) is 1. The number of carbonyl (C=O) groups is 1. The number of nitrogens with zero attached hydrogens (tertiary/aromatic N) is 1. The maximum absolute atomic E-state index is 10.9. The van der Waals surface area contributed by atoms with Crippen molar-refractivity contribution in [2.24, 2.45) is 0 Å². The second-order valence-corrected chi connectivity index (χ2v) is 5.84. The van der Waals surface area contributed by atoms with Gasteiger partial charge >= 0.3 is 5.97 Å². The van der Waals surface area contributed by atoms with Crippen molar-refractivity contribution in [3.63, 3.8) is 0 Å². The van der Waals surface area contributed by atoms with Crippen LogP contribution >= 0.6 is 15.9 Å². The minimum Gasteiger partial charge on any atom is -0.480 e. The first-order valence-electron chi connectivity index (χ1n) is 6.80. The van der Waals surface area contributed by atoms with Crippen molar-refractivity contribution in [1.29, 1.82) is 0 Å². The number of rotatable bonds is 4. The summed E-state index contributed by atoms with van der Waals surface area (Å²) in [4.78, 5) is 15.0. The van der Waals surface area contributed by atoms with Gasteiger partial charge in [-0.15, -0.1) is 0 Å². The average Bonchev–Trinajstić information content (AvgIpc) is 2.39. The number of carboxylic acids is 1.